The third kappa shape index (κ3) is 1.98. The van der Waals surface area contributed by atoms with Crippen molar-refractivity contribution in [3.05, 3.63) is 34.9 Å². The Kier molecular flexibility index (Phi) is 3.04. The fourth-order valence-electron chi connectivity index (χ4n) is 1.98. The van der Waals surface area contributed by atoms with E-state index >= 15 is 0 Å². The molecule has 0 spiro atoms. The lowest BCUT2D eigenvalue weighted by Crippen LogP contribution is -2.19. The molecule has 0 radical (unpaired) electrons. The van der Waals surface area contributed by atoms with Crippen molar-refractivity contribution >= 4 is 11.7 Å². The molecular formula is C13H13O4-. The zero-order chi connectivity index (χ0) is 12.4. The molecule has 1 aromatic rings. The van der Waals surface area contributed by atoms with E-state index in [0.29, 0.717) is 18.4 Å². The molecule has 1 aliphatic carbocycles. The summed E-state index contributed by atoms with van der Waals surface area (Å²) in [6.07, 6.45) is 1.08. The zero-order valence-corrected chi connectivity index (χ0v) is 9.78. The Hall–Kier alpha value is -1.97. The van der Waals surface area contributed by atoms with E-state index in [2.05, 4.69) is 4.74 Å². The highest BCUT2D eigenvalue weighted by Gasteiger charge is 2.19. The summed E-state index contributed by atoms with van der Waals surface area (Å²) in [5.41, 5.74) is 1.71. The summed E-state index contributed by atoms with van der Waals surface area (Å²) in [6, 6.07) is 5.25. The van der Waals surface area contributed by atoms with Gasteiger partial charge in [0.05, 0.1) is 14.2 Å². The molecule has 0 atom stereocenters. The number of fused-ring (bicyclic) bond motifs is 1. The van der Waals surface area contributed by atoms with Gasteiger partial charge in [0.2, 0.25) is 0 Å². The van der Waals surface area contributed by atoms with Gasteiger partial charge in [0.15, 0.2) is 0 Å². The molecule has 0 bridgehead atoms. The van der Waals surface area contributed by atoms with Crippen molar-refractivity contribution in [2.24, 2.45) is 0 Å². The third-order valence-corrected chi connectivity index (χ3v) is 2.91. The van der Waals surface area contributed by atoms with Gasteiger partial charge >= 0.3 is 5.97 Å². The number of aryl methyl sites for hydroxylation is 1. The fraction of sp³-hybridized carbons (Fsp3) is 0.308. The number of carbonyl (C=O) groups excluding carboxylic acids is 1. The van der Waals surface area contributed by atoms with Crippen molar-refractivity contribution in [3.8, 4) is 5.75 Å². The van der Waals surface area contributed by atoms with Crippen molar-refractivity contribution in [2.75, 3.05) is 14.2 Å². The van der Waals surface area contributed by atoms with Crippen LogP contribution < -0.4 is 9.84 Å². The van der Waals surface area contributed by atoms with E-state index in [0.717, 1.165) is 11.3 Å². The largest absolute Gasteiger partial charge is 0.872 e. The number of carbonyl (C=O) groups is 1. The minimum atomic E-state index is -0.531. The molecule has 1 aliphatic rings. The Labute approximate surface area is 99.5 Å². The first-order chi connectivity index (χ1) is 8.17. The second-order valence-electron chi connectivity index (χ2n) is 3.82. The molecule has 0 fully saturated rings. The van der Waals surface area contributed by atoms with Crippen molar-refractivity contribution in [1.29, 1.82) is 0 Å². The van der Waals surface area contributed by atoms with Crippen molar-refractivity contribution in [2.45, 2.75) is 12.8 Å². The molecule has 0 amide bonds. The number of hydrogen-bond donors (Lipinski definition) is 0. The molecule has 0 unspecified atom stereocenters. The molecular weight excluding hydrogens is 220 g/mol. The molecule has 0 aliphatic heterocycles. The lowest BCUT2D eigenvalue weighted by Gasteiger charge is -2.26. The highest BCUT2D eigenvalue weighted by atomic mass is 16.5. The first-order valence-electron chi connectivity index (χ1n) is 5.33. The number of hydrogen-bond acceptors (Lipinski definition) is 4. The van der Waals surface area contributed by atoms with E-state index in [9.17, 15) is 9.90 Å². The van der Waals surface area contributed by atoms with Gasteiger partial charge in [0.25, 0.3) is 0 Å². The SMILES string of the molecule is COC(=O)C1=C([O-])c2ccc(OC)cc2CC1. The quantitative estimate of drug-likeness (QED) is 0.712. The highest BCUT2D eigenvalue weighted by Crippen LogP contribution is 2.30. The number of methoxy groups -OCH3 is 2. The first-order valence-corrected chi connectivity index (χ1v) is 5.33. The summed E-state index contributed by atoms with van der Waals surface area (Å²) in [5, 5.41) is 12.0. The van der Waals surface area contributed by atoms with Crippen LogP contribution in [0.15, 0.2) is 23.8 Å². The zero-order valence-electron chi connectivity index (χ0n) is 9.78. The van der Waals surface area contributed by atoms with Gasteiger partial charge in [0.1, 0.15) is 5.75 Å². The van der Waals surface area contributed by atoms with Gasteiger partial charge < -0.3 is 14.6 Å². The fourth-order valence-corrected chi connectivity index (χ4v) is 1.98. The Morgan fingerprint density at radius 2 is 2.06 bits per heavy atom. The van der Waals surface area contributed by atoms with Gasteiger partial charge in [0, 0.05) is 5.57 Å². The maximum Gasteiger partial charge on any atom is 0.333 e. The van der Waals surface area contributed by atoms with Crippen LogP contribution in [-0.2, 0) is 16.0 Å². The molecule has 17 heavy (non-hydrogen) atoms. The number of benzene rings is 1. The number of ether oxygens (including phenoxy) is 2. The van der Waals surface area contributed by atoms with Crippen LogP contribution in [0, 0.1) is 0 Å². The number of rotatable bonds is 2. The van der Waals surface area contributed by atoms with Crippen molar-refractivity contribution in [1.82, 2.24) is 0 Å². The number of esters is 1. The Bertz CT molecular complexity index is 488. The van der Waals surface area contributed by atoms with Gasteiger partial charge in [-0.15, -0.1) is 0 Å². The lowest BCUT2D eigenvalue weighted by molar-refractivity contribution is -0.245. The normalized spacial score (nSPS) is 14.2. The summed E-state index contributed by atoms with van der Waals surface area (Å²) in [5.74, 6) is -0.0460. The maximum atomic E-state index is 12.0. The first kappa shape index (κ1) is 11.5. The Morgan fingerprint density at radius 3 is 2.71 bits per heavy atom. The standard InChI is InChI=1S/C13H14O4/c1-16-9-4-6-10-8(7-9)3-5-11(12(10)14)13(15)17-2/h4,6-7,14H,3,5H2,1-2H3/p-1. The van der Waals surface area contributed by atoms with Crippen LogP contribution in [-0.4, -0.2) is 20.2 Å². The van der Waals surface area contributed by atoms with Crippen LogP contribution in [0.2, 0.25) is 0 Å². The average Bonchev–Trinajstić information content (AvgIpc) is 2.38. The van der Waals surface area contributed by atoms with Gasteiger partial charge in [-0.05, 0) is 36.1 Å². The van der Waals surface area contributed by atoms with Crippen LogP contribution in [0.3, 0.4) is 0 Å². The van der Waals surface area contributed by atoms with Crippen LogP contribution >= 0.6 is 0 Å². The van der Waals surface area contributed by atoms with Gasteiger partial charge in [-0.1, -0.05) is 11.8 Å². The molecule has 0 saturated heterocycles. The minimum Gasteiger partial charge on any atom is -0.872 e. The van der Waals surface area contributed by atoms with Gasteiger partial charge in [-0.2, -0.15) is 0 Å². The molecule has 0 N–H and O–H groups in total. The van der Waals surface area contributed by atoms with Crippen molar-refractivity contribution in [3.63, 3.8) is 0 Å². The molecule has 0 saturated carbocycles. The van der Waals surface area contributed by atoms with Gasteiger partial charge in [-0.3, -0.25) is 0 Å². The van der Waals surface area contributed by atoms with E-state index < -0.39 is 5.97 Å². The molecule has 0 aromatic heterocycles. The van der Waals surface area contributed by atoms with Gasteiger partial charge in [-0.25, -0.2) is 4.79 Å². The molecule has 4 nitrogen and oxygen atoms in total. The predicted octanol–water partition coefficient (Wildman–Crippen LogP) is 0.886. The molecule has 90 valence electrons. The average molecular weight is 233 g/mol. The molecule has 4 heteroatoms. The summed E-state index contributed by atoms with van der Waals surface area (Å²) in [7, 11) is 2.87. The third-order valence-electron chi connectivity index (χ3n) is 2.91. The van der Waals surface area contributed by atoms with E-state index in [-0.39, 0.29) is 11.3 Å². The van der Waals surface area contributed by atoms with Crippen molar-refractivity contribution < 1.29 is 19.4 Å². The van der Waals surface area contributed by atoms with E-state index in [1.165, 1.54) is 7.11 Å². The monoisotopic (exact) mass is 233 g/mol. The second kappa shape index (κ2) is 4.49. The van der Waals surface area contributed by atoms with Crippen LogP contribution in [0.5, 0.6) is 5.75 Å². The second-order valence-corrected chi connectivity index (χ2v) is 3.82. The molecule has 1 aromatic carbocycles. The summed E-state index contributed by atoms with van der Waals surface area (Å²) in [6.45, 7) is 0. The summed E-state index contributed by atoms with van der Waals surface area (Å²) >= 11 is 0. The van der Waals surface area contributed by atoms with E-state index in [4.69, 9.17) is 4.74 Å². The van der Waals surface area contributed by atoms with Crippen LogP contribution in [0.25, 0.3) is 5.76 Å². The maximum absolute atomic E-state index is 12.0. The molecule has 2 rings (SSSR count). The van der Waals surface area contributed by atoms with E-state index in [1.54, 1.807) is 19.2 Å². The smallest absolute Gasteiger partial charge is 0.333 e. The summed E-state index contributed by atoms with van der Waals surface area (Å²) < 4.78 is 9.70. The summed E-state index contributed by atoms with van der Waals surface area (Å²) in [4.78, 5) is 11.4. The van der Waals surface area contributed by atoms with E-state index in [1.807, 2.05) is 6.07 Å². The van der Waals surface area contributed by atoms with Crippen LogP contribution in [0.1, 0.15) is 17.5 Å². The van der Waals surface area contributed by atoms with Crippen LogP contribution in [0.4, 0.5) is 0 Å². The highest BCUT2D eigenvalue weighted by molar-refractivity contribution is 5.96. The lowest BCUT2D eigenvalue weighted by atomic mass is 9.90. The minimum absolute atomic E-state index is 0.227. The predicted molar refractivity (Wildman–Crippen MR) is 60.3 cm³/mol. The topological polar surface area (TPSA) is 58.6 Å². The molecule has 0 heterocycles. The Morgan fingerprint density at radius 1 is 1.29 bits per heavy atom. The Balaban J connectivity index is 2.46.